The quantitative estimate of drug-likeness (QED) is 0.395. The second kappa shape index (κ2) is 8.50. The average Bonchev–Trinajstić information content (AvgIpc) is 3.10. The van der Waals surface area contributed by atoms with Crippen molar-refractivity contribution in [3.63, 3.8) is 0 Å². The molecule has 0 spiro atoms. The number of ether oxygens (including phenoxy) is 1. The molecular weight excluding hydrogens is 452 g/mol. The minimum Gasteiger partial charge on any atom is -0.472 e. The van der Waals surface area contributed by atoms with Gasteiger partial charge in [-0.1, -0.05) is 11.6 Å². The Morgan fingerprint density at radius 2 is 1.94 bits per heavy atom. The van der Waals surface area contributed by atoms with Crippen LogP contribution in [0.5, 0.6) is 5.88 Å². The second-order valence-corrected chi connectivity index (χ2v) is 7.89. The molecule has 1 aliphatic carbocycles. The molecular formula is C20H17ClF4N6O. The third-order valence-corrected chi connectivity index (χ3v) is 5.70. The fourth-order valence-corrected chi connectivity index (χ4v) is 4.12. The normalized spacial score (nSPS) is 19.2. The van der Waals surface area contributed by atoms with Crippen LogP contribution in [0, 0.1) is 30.0 Å². The van der Waals surface area contributed by atoms with Gasteiger partial charge in [-0.05, 0) is 38.7 Å². The fourth-order valence-electron chi connectivity index (χ4n) is 3.87. The van der Waals surface area contributed by atoms with Crippen LogP contribution in [0.2, 0.25) is 5.15 Å². The first-order valence-corrected chi connectivity index (χ1v) is 10.2. The van der Waals surface area contributed by atoms with Gasteiger partial charge in [-0.3, -0.25) is 0 Å². The summed E-state index contributed by atoms with van der Waals surface area (Å²) in [4.78, 5) is 12.1. The maximum atomic E-state index is 15.4. The summed E-state index contributed by atoms with van der Waals surface area (Å²) in [5.41, 5.74) is 0.361. The van der Waals surface area contributed by atoms with E-state index >= 15 is 4.39 Å². The maximum absolute atomic E-state index is 15.4. The third kappa shape index (κ3) is 4.19. The molecule has 0 radical (unpaired) electrons. The molecule has 4 rings (SSSR count). The van der Waals surface area contributed by atoms with Crippen LogP contribution in [0.4, 0.5) is 17.6 Å². The van der Waals surface area contributed by atoms with Crippen molar-refractivity contribution in [2.24, 2.45) is 5.92 Å². The lowest BCUT2D eigenvalue weighted by atomic mass is 9.87. The number of rotatable bonds is 4. The van der Waals surface area contributed by atoms with Crippen molar-refractivity contribution in [2.45, 2.75) is 51.4 Å². The van der Waals surface area contributed by atoms with Crippen LogP contribution in [-0.2, 0) is 6.54 Å². The zero-order chi connectivity index (χ0) is 23.0. The van der Waals surface area contributed by atoms with Gasteiger partial charge in [-0.25, -0.2) is 14.6 Å². The second-order valence-electron chi connectivity index (χ2n) is 7.53. The monoisotopic (exact) mass is 468 g/mol. The van der Waals surface area contributed by atoms with Gasteiger partial charge < -0.3 is 4.74 Å². The van der Waals surface area contributed by atoms with Crippen molar-refractivity contribution in [1.29, 1.82) is 5.26 Å². The summed E-state index contributed by atoms with van der Waals surface area (Å²) in [5, 5.41) is 13.7. The maximum Gasteiger partial charge on any atom is 0.391 e. The van der Waals surface area contributed by atoms with Crippen LogP contribution in [-0.4, -0.2) is 37.0 Å². The Balaban J connectivity index is 1.69. The number of halogens is 5. The van der Waals surface area contributed by atoms with Crippen molar-refractivity contribution < 1.29 is 22.3 Å². The number of aryl methyl sites for hydroxylation is 1. The van der Waals surface area contributed by atoms with Crippen molar-refractivity contribution in [3.8, 4) is 23.3 Å². The number of hydrogen-bond acceptors (Lipinski definition) is 6. The zero-order valence-corrected chi connectivity index (χ0v) is 17.6. The lowest BCUT2D eigenvalue weighted by Gasteiger charge is -2.29. The Morgan fingerprint density at radius 1 is 1.22 bits per heavy atom. The largest absolute Gasteiger partial charge is 0.472 e. The highest BCUT2D eigenvalue weighted by molar-refractivity contribution is 6.35. The van der Waals surface area contributed by atoms with E-state index in [0.29, 0.717) is 10.9 Å². The van der Waals surface area contributed by atoms with Crippen molar-refractivity contribution in [2.75, 3.05) is 0 Å². The molecule has 0 atom stereocenters. The molecule has 3 aromatic heterocycles. The molecule has 12 heteroatoms. The van der Waals surface area contributed by atoms with Crippen molar-refractivity contribution in [3.05, 3.63) is 29.1 Å². The summed E-state index contributed by atoms with van der Waals surface area (Å²) in [6.07, 6.45) is -3.30. The number of nitriles is 1. The smallest absolute Gasteiger partial charge is 0.391 e. The van der Waals surface area contributed by atoms with E-state index in [1.54, 1.807) is 6.07 Å². The highest BCUT2D eigenvalue weighted by Gasteiger charge is 2.42. The molecule has 1 saturated carbocycles. The molecule has 0 aromatic carbocycles. The fraction of sp³-hybridized carbons (Fsp3) is 0.450. The Kier molecular flexibility index (Phi) is 5.90. The number of fused-ring (bicyclic) bond motifs is 1. The minimum absolute atomic E-state index is 0.0605. The molecule has 0 amide bonds. The standard InChI is InChI=1S/C20H17ClF4N6O/c1-10-28-17(16-14-13(6-8-27-18(14)21)31(30-16)9-7-26)15(22)19(29-10)32-12-4-2-11(3-5-12)20(23,24)25/h6,8,11-12H,2-5,9H2,1H3. The van der Waals surface area contributed by atoms with Crippen LogP contribution in [0.1, 0.15) is 31.5 Å². The number of nitrogens with zero attached hydrogens (tertiary/aromatic N) is 6. The third-order valence-electron chi connectivity index (χ3n) is 5.41. The topological polar surface area (TPSA) is 89.5 Å². The summed E-state index contributed by atoms with van der Waals surface area (Å²) >= 11 is 6.23. The van der Waals surface area contributed by atoms with Crippen LogP contribution in [0.25, 0.3) is 22.3 Å². The molecule has 3 aromatic rings. The van der Waals surface area contributed by atoms with Gasteiger partial charge >= 0.3 is 6.18 Å². The molecule has 7 nitrogen and oxygen atoms in total. The number of pyridine rings is 1. The SMILES string of the molecule is Cc1nc(OC2CCC(C(F)(F)F)CC2)c(F)c(-c2nn(CC#N)c3ccnc(Cl)c23)n1. The van der Waals surface area contributed by atoms with Gasteiger partial charge in [0.1, 0.15) is 35.0 Å². The first kappa shape index (κ1) is 22.2. The molecule has 1 fully saturated rings. The molecule has 0 N–H and O–H groups in total. The summed E-state index contributed by atoms with van der Waals surface area (Å²) in [7, 11) is 0. The first-order chi connectivity index (χ1) is 15.2. The van der Waals surface area contributed by atoms with Gasteiger partial charge in [0.15, 0.2) is 0 Å². The predicted molar refractivity (Wildman–Crippen MR) is 106 cm³/mol. The Morgan fingerprint density at radius 3 is 2.59 bits per heavy atom. The Hall–Kier alpha value is -3.00. The highest BCUT2D eigenvalue weighted by Crippen LogP contribution is 2.39. The van der Waals surface area contributed by atoms with Crippen LogP contribution < -0.4 is 4.74 Å². The molecule has 0 bridgehead atoms. The molecule has 32 heavy (non-hydrogen) atoms. The van der Waals surface area contributed by atoms with Crippen molar-refractivity contribution in [1.82, 2.24) is 24.7 Å². The van der Waals surface area contributed by atoms with Crippen molar-refractivity contribution >= 4 is 22.5 Å². The van der Waals surface area contributed by atoms with E-state index in [1.165, 1.54) is 17.8 Å². The van der Waals surface area contributed by atoms with E-state index in [0.717, 1.165) is 0 Å². The summed E-state index contributed by atoms with van der Waals surface area (Å²) in [6.45, 7) is 1.43. The Labute approximate surface area is 185 Å². The lowest BCUT2D eigenvalue weighted by molar-refractivity contribution is -0.185. The number of aromatic nitrogens is 5. The van der Waals surface area contributed by atoms with Crippen LogP contribution in [0.15, 0.2) is 12.3 Å². The van der Waals surface area contributed by atoms with Gasteiger partial charge in [-0.2, -0.15) is 32.9 Å². The molecule has 0 aliphatic heterocycles. The van der Waals surface area contributed by atoms with Gasteiger partial charge in [0.05, 0.1) is 22.9 Å². The molecule has 3 heterocycles. The van der Waals surface area contributed by atoms with Crippen LogP contribution in [0.3, 0.4) is 0 Å². The molecule has 168 valence electrons. The van der Waals surface area contributed by atoms with Gasteiger partial charge in [-0.15, -0.1) is 0 Å². The van der Waals surface area contributed by atoms with Gasteiger partial charge in [0.25, 0.3) is 5.88 Å². The highest BCUT2D eigenvalue weighted by atomic mass is 35.5. The predicted octanol–water partition coefficient (Wildman–Crippen LogP) is 5.01. The van der Waals surface area contributed by atoms with E-state index in [-0.39, 0.29) is 60.5 Å². The van der Waals surface area contributed by atoms with E-state index in [1.807, 2.05) is 6.07 Å². The molecule has 0 saturated heterocycles. The van der Waals surface area contributed by atoms with E-state index in [4.69, 9.17) is 21.6 Å². The summed E-state index contributed by atoms with van der Waals surface area (Å²) in [6, 6.07) is 3.57. The van der Waals surface area contributed by atoms with Gasteiger partial charge in [0, 0.05) is 6.20 Å². The number of hydrogen-bond donors (Lipinski definition) is 0. The minimum atomic E-state index is -4.24. The zero-order valence-electron chi connectivity index (χ0n) is 16.8. The molecule has 0 unspecified atom stereocenters. The lowest BCUT2D eigenvalue weighted by Crippen LogP contribution is -2.32. The summed E-state index contributed by atoms with van der Waals surface area (Å²) < 4.78 is 61.1. The van der Waals surface area contributed by atoms with E-state index in [2.05, 4.69) is 20.1 Å². The number of alkyl halides is 3. The van der Waals surface area contributed by atoms with Gasteiger partial charge in [0.2, 0.25) is 5.82 Å². The van der Waals surface area contributed by atoms with E-state index in [9.17, 15) is 13.2 Å². The summed E-state index contributed by atoms with van der Waals surface area (Å²) in [5.74, 6) is -2.45. The molecule has 1 aliphatic rings. The average molecular weight is 469 g/mol. The first-order valence-electron chi connectivity index (χ1n) is 9.85. The van der Waals surface area contributed by atoms with Crippen LogP contribution >= 0.6 is 11.6 Å². The van der Waals surface area contributed by atoms with E-state index < -0.39 is 24.0 Å². The Bertz CT molecular complexity index is 1200.